The van der Waals surface area contributed by atoms with Crippen molar-refractivity contribution in [3.05, 3.63) is 0 Å². The highest BCUT2D eigenvalue weighted by molar-refractivity contribution is 8.14. The van der Waals surface area contributed by atoms with Gasteiger partial charge in [-0.05, 0) is 37.5 Å². The van der Waals surface area contributed by atoms with Crippen LogP contribution < -0.4 is 0 Å². The van der Waals surface area contributed by atoms with Gasteiger partial charge in [-0.3, -0.25) is 0 Å². The number of fused-ring (bicyclic) bond motifs is 1. The van der Waals surface area contributed by atoms with Gasteiger partial charge in [-0.25, -0.2) is 16.8 Å². The molecular formula is C8H12Cl2O4S2. The van der Waals surface area contributed by atoms with Crippen LogP contribution in [0.5, 0.6) is 0 Å². The van der Waals surface area contributed by atoms with Gasteiger partial charge in [0.05, 0.1) is 10.5 Å². The lowest BCUT2D eigenvalue weighted by Crippen LogP contribution is -2.17. The van der Waals surface area contributed by atoms with Crippen molar-refractivity contribution in [1.29, 1.82) is 0 Å². The van der Waals surface area contributed by atoms with Crippen LogP contribution in [0.1, 0.15) is 25.7 Å². The lowest BCUT2D eigenvalue weighted by atomic mass is 10.0. The van der Waals surface area contributed by atoms with Gasteiger partial charge >= 0.3 is 0 Å². The normalized spacial score (nSPS) is 39.9. The molecule has 0 spiro atoms. The largest absolute Gasteiger partial charge is 0.235 e. The zero-order valence-electron chi connectivity index (χ0n) is 8.34. The molecule has 4 nitrogen and oxygen atoms in total. The SMILES string of the molecule is O=S(=O)(Cl)C1CC2CC(S(=O)(=O)Cl)CC2C1. The molecule has 0 radical (unpaired) electrons. The van der Waals surface area contributed by atoms with Gasteiger partial charge in [0.2, 0.25) is 18.1 Å². The van der Waals surface area contributed by atoms with E-state index in [-0.39, 0.29) is 11.8 Å². The Morgan fingerprint density at radius 2 is 0.938 bits per heavy atom. The second kappa shape index (κ2) is 4.00. The lowest BCUT2D eigenvalue weighted by Gasteiger charge is -2.09. The first kappa shape index (κ1) is 12.9. The second-order valence-corrected chi connectivity index (χ2v) is 10.5. The molecule has 0 unspecified atom stereocenters. The first-order valence-electron chi connectivity index (χ1n) is 5.05. The molecular weight excluding hydrogens is 295 g/mol. The Hall–Kier alpha value is 0.480. The summed E-state index contributed by atoms with van der Waals surface area (Å²) in [6.45, 7) is 0. The van der Waals surface area contributed by atoms with Gasteiger partial charge in [-0.2, -0.15) is 0 Å². The van der Waals surface area contributed by atoms with Crippen LogP contribution in [-0.4, -0.2) is 27.3 Å². The van der Waals surface area contributed by atoms with E-state index in [0.29, 0.717) is 25.7 Å². The third-order valence-corrected chi connectivity index (χ3v) is 7.60. The predicted octanol–water partition coefficient (Wildman–Crippen LogP) is 1.68. The molecule has 2 aliphatic carbocycles. The average Bonchev–Trinajstić information content (AvgIpc) is 2.53. The molecule has 0 bridgehead atoms. The van der Waals surface area contributed by atoms with Gasteiger partial charge in [0, 0.05) is 21.4 Å². The summed E-state index contributed by atoms with van der Waals surface area (Å²) in [6.07, 6.45) is 1.89. The van der Waals surface area contributed by atoms with Gasteiger partial charge in [0.25, 0.3) is 0 Å². The van der Waals surface area contributed by atoms with Crippen LogP contribution in [-0.2, 0) is 18.1 Å². The Morgan fingerprint density at radius 3 is 1.12 bits per heavy atom. The summed E-state index contributed by atoms with van der Waals surface area (Å²) < 4.78 is 44.7. The van der Waals surface area contributed by atoms with E-state index in [9.17, 15) is 16.8 Å². The fraction of sp³-hybridized carbons (Fsp3) is 1.00. The Labute approximate surface area is 104 Å². The van der Waals surface area contributed by atoms with E-state index in [1.54, 1.807) is 0 Å². The highest BCUT2D eigenvalue weighted by Gasteiger charge is 2.48. The first-order chi connectivity index (χ1) is 7.18. The van der Waals surface area contributed by atoms with Crippen molar-refractivity contribution in [3.63, 3.8) is 0 Å². The summed E-state index contributed by atoms with van der Waals surface area (Å²) in [5.41, 5.74) is 0. The van der Waals surface area contributed by atoms with Gasteiger partial charge in [0.15, 0.2) is 0 Å². The van der Waals surface area contributed by atoms with E-state index < -0.39 is 28.6 Å². The molecule has 0 aromatic heterocycles. The summed E-state index contributed by atoms with van der Waals surface area (Å²) in [5.74, 6) is 0.272. The summed E-state index contributed by atoms with van der Waals surface area (Å²) in [4.78, 5) is 0. The average molecular weight is 307 g/mol. The Balaban J connectivity index is 2.07. The smallest absolute Gasteiger partial charge is 0.212 e. The Bertz CT molecular complexity index is 426. The predicted molar refractivity (Wildman–Crippen MR) is 62.6 cm³/mol. The maximum absolute atomic E-state index is 11.2. The van der Waals surface area contributed by atoms with Crippen LogP contribution in [0.2, 0.25) is 0 Å². The van der Waals surface area contributed by atoms with Gasteiger partial charge in [0.1, 0.15) is 0 Å². The van der Waals surface area contributed by atoms with E-state index in [0.717, 1.165) is 0 Å². The molecule has 0 heterocycles. The summed E-state index contributed by atoms with van der Waals surface area (Å²) >= 11 is 0. The van der Waals surface area contributed by atoms with Gasteiger partial charge in [-0.1, -0.05) is 0 Å². The third kappa shape index (κ3) is 2.49. The number of halogens is 2. The van der Waals surface area contributed by atoms with Crippen LogP contribution in [0.4, 0.5) is 0 Å². The van der Waals surface area contributed by atoms with Crippen molar-refractivity contribution in [1.82, 2.24) is 0 Å². The minimum atomic E-state index is -3.51. The molecule has 2 saturated carbocycles. The topological polar surface area (TPSA) is 68.3 Å². The molecule has 94 valence electrons. The minimum absolute atomic E-state index is 0.136. The van der Waals surface area contributed by atoms with E-state index in [2.05, 4.69) is 0 Å². The van der Waals surface area contributed by atoms with Crippen molar-refractivity contribution in [3.8, 4) is 0 Å². The number of rotatable bonds is 2. The second-order valence-electron chi connectivity index (χ2n) is 4.66. The highest BCUT2D eigenvalue weighted by Crippen LogP contribution is 2.49. The monoisotopic (exact) mass is 306 g/mol. The molecule has 0 amide bonds. The van der Waals surface area contributed by atoms with E-state index >= 15 is 0 Å². The molecule has 0 saturated heterocycles. The highest BCUT2D eigenvalue weighted by atomic mass is 35.7. The van der Waals surface area contributed by atoms with Crippen molar-refractivity contribution in [2.75, 3.05) is 0 Å². The van der Waals surface area contributed by atoms with Crippen LogP contribution in [0.15, 0.2) is 0 Å². The minimum Gasteiger partial charge on any atom is -0.212 e. The maximum atomic E-state index is 11.2. The lowest BCUT2D eigenvalue weighted by molar-refractivity contribution is 0.457. The van der Waals surface area contributed by atoms with Crippen molar-refractivity contribution < 1.29 is 16.8 Å². The summed E-state index contributed by atoms with van der Waals surface area (Å²) in [5, 5.41) is -1.02. The quantitative estimate of drug-likeness (QED) is 0.728. The fourth-order valence-electron chi connectivity index (χ4n) is 2.97. The van der Waals surface area contributed by atoms with Crippen LogP contribution in [0.25, 0.3) is 0 Å². The van der Waals surface area contributed by atoms with Crippen LogP contribution >= 0.6 is 21.4 Å². The Kier molecular flexibility index (Phi) is 3.23. The van der Waals surface area contributed by atoms with E-state index in [4.69, 9.17) is 21.4 Å². The molecule has 2 rings (SSSR count). The third-order valence-electron chi connectivity index (χ3n) is 3.73. The number of hydrogen-bond donors (Lipinski definition) is 0. The van der Waals surface area contributed by atoms with E-state index in [1.165, 1.54) is 0 Å². The molecule has 16 heavy (non-hydrogen) atoms. The van der Waals surface area contributed by atoms with Crippen molar-refractivity contribution in [2.45, 2.75) is 36.2 Å². The molecule has 0 aromatic carbocycles. The van der Waals surface area contributed by atoms with Crippen LogP contribution in [0, 0.1) is 11.8 Å². The Morgan fingerprint density at radius 1 is 0.688 bits per heavy atom. The zero-order chi connectivity index (χ0) is 12.1. The summed E-state index contributed by atoms with van der Waals surface area (Å²) in [7, 11) is 3.60. The molecule has 2 fully saturated rings. The number of hydrogen-bond acceptors (Lipinski definition) is 4. The standard InChI is InChI=1S/C8H12Cl2O4S2/c9-15(11,12)7-1-5-2-8(16(10,13)14)4-6(5)3-7/h5-8H,1-4H2. The zero-order valence-corrected chi connectivity index (χ0v) is 11.5. The van der Waals surface area contributed by atoms with Gasteiger partial charge < -0.3 is 0 Å². The molecule has 8 heteroatoms. The van der Waals surface area contributed by atoms with Crippen molar-refractivity contribution >= 4 is 39.5 Å². The molecule has 2 aliphatic rings. The molecule has 0 N–H and O–H groups in total. The van der Waals surface area contributed by atoms with Gasteiger partial charge in [-0.15, -0.1) is 0 Å². The summed E-state index contributed by atoms with van der Waals surface area (Å²) in [6, 6.07) is 0. The first-order valence-corrected chi connectivity index (χ1v) is 9.79. The molecule has 0 aromatic rings. The maximum Gasteiger partial charge on any atom is 0.235 e. The van der Waals surface area contributed by atoms with E-state index in [1.807, 2.05) is 0 Å². The molecule has 0 atom stereocenters. The van der Waals surface area contributed by atoms with Crippen LogP contribution in [0.3, 0.4) is 0 Å². The van der Waals surface area contributed by atoms with Crippen molar-refractivity contribution in [2.24, 2.45) is 11.8 Å². The fourth-order valence-corrected chi connectivity index (χ4v) is 5.75. The molecule has 0 aliphatic heterocycles.